The van der Waals surface area contributed by atoms with Crippen LogP contribution in [-0.4, -0.2) is 55.4 Å². The number of halogens is 1. The lowest BCUT2D eigenvalue weighted by molar-refractivity contribution is -0.143. The Labute approximate surface area is 242 Å². The van der Waals surface area contributed by atoms with Gasteiger partial charge in [-0.25, -0.2) is 0 Å². The highest BCUT2D eigenvalue weighted by Crippen LogP contribution is 2.32. The minimum absolute atomic E-state index is 0.349. The lowest BCUT2D eigenvalue weighted by Gasteiger charge is -2.25. The van der Waals surface area contributed by atoms with Crippen LogP contribution in [-0.2, 0) is 14.9 Å². The summed E-state index contributed by atoms with van der Waals surface area (Å²) < 4.78 is 11.5. The van der Waals surface area contributed by atoms with Crippen molar-refractivity contribution in [2.45, 2.75) is 32.6 Å². The number of ether oxygens (including phenoxy) is 2. The van der Waals surface area contributed by atoms with E-state index in [-0.39, 0.29) is 0 Å². The van der Waals surface area contributed by atoms with Crippen LogP contribution in [0.15, 0.2) is 72.8 Å². The zero-order valence-corrected chi connectivity index (χ0v) is 24.1. The first-order valence-electron chi connectivity index (χ1n) is 13.6. The maximum absolute atomic E-state index is 11.9. The molecule has 1 aliphatic heterocycles. The molecular weight excluding hydrogens is 522 g/mol. The Hall–Kier alpha value is -3.56. The molecule has 4 rings (SSSR count). The molecule has 0 radical (unpaired) electrons. The van der Waals surface area contributed by atoms with Gasteiger partial charge >= 0.3 is 5.97 Å². The highest BCUT2D eigenvalue weighted by Gasteiger charge is 2.34. The Morgan fingerprint density at radius 1 is 1.07 bits per heavy atom. The second-order valence-corrected chi connectivity index (χ2v) is 10.6. The van der Waals surface area contributed by atoms with E-state index in [1.54, 1.807) is 6.92 Å². The molecule has 1 saturated heterocycles. The van der Waals surface area contributed by atoms with E-state index in [1.165, 1.54) is 0 Å². The predicted molar refractivity (Wildman–Crippen MR) is 161 cm³/mol. The van der Waals surface area contributed by atoms with Crippen LogP contribution in [0.3, 0.4) is 0 Å². The number of hydrogen-bond donors (Lipinski definition) is 1. The summed E-state index contributed by atoms with van der Waals surface area (Å²) in [6, 6.07) is 21.6. The largest absolute Gasteiger partial charge is 0.490 e. The summed E-state index contributed by atoms with van der Waals surface area (Å²) in [7, 11) is 0. The number of carbonyl (C=O) groups is 1. The Morgan fingerprint density at radius 2 is 1.73 bits per heavy atom. The molecule has 1 fully saturated rings. The summed E-state index contributed by atoms with van der Waals surface area (Å²) in [4.78, 5) is 14.2. The monoisotopic (exact) mass is 557 g/mol. The number of carboxylic acid groups (broad SMARTS) is 1. The molecule has 5 nitrogen and oxygen atoms in total. The Balaban J connectivity index is 1.50. The standard InChI is InChI=1S/C34H36ClNO4/c1-4-34(3,33(37)38)32-16-15-30(24-25(32)2)40-21-17-31(28-11-13-29(35)14-12-28)27-9-7-26(8-10-27)6-5-18-36-19-22-39-23-20-36/h7-17,24H,4,18-23H2,1-3H3,(H,37,38). The third-order valence-corrected chi connectivity index (χ3v) is 7.75. The molecule has 208 valence electrons. The van der Waals surface area contributed by atoms with Gasteiger partial charge in [-0.15, -0.1) is 0 Å². The number of hydrogen-bond acceptors (Lipinski definition) is 4. The number of nitrogens with zero attached hydrogens (tertiary/aromatic N) is 1. The normalized spacial score (nSPS) is 15.6. The minimum Gasteiger partial charge on any atom is -0.490 e. The van der Waals surface area contributed by atoms with E-state index >= 15 is 0 Å². The fraction of sp³-hybridized carbons (Fsp3) is 0.324. The Morgan fingerprint density at radius 3 is 2.33 bits per heavy atom. The first kappa shape index (κ1) is 29.4. The summed E-state index contributed by atoms with van der Waals surface area (Å²) in [5.41, 5.74) is 4.87. The topological polar surface area (TPSA) is 59.0 Å². The molecule has 0 bridgehead atoms. The lowest BCUT2D eigenvalue weighted by Crippen LogP contribution is -2.36. The maximum Gasteiger partial charge on any atom is 0.313 e. The number of carboxylic acids is 1. The molecule has 1 unspecified atom stereocenters. The van der Waals surface area contributed by atoms with Gasteiger partial charge in [-0.05, 0) is 90.6 Å². The molecule has 3 aromatic carbocycles. The molecule has 1 heterocycles. The quantitative estimate of drug-likeness (QED) is 0.301. The van der Waals surface area contributed by atoms with Crippen molar-refractivity contribution in [3.8, 4) is 17.6 Å². The van der Waals surface area contributed by atoms with Gasteiger partial charge < -0.3 is 14.6 Å². The van der Waals surface area contributed by atoms with Gasteiger partial charge in [0, 0.05) is 23.7 Å². The van der Waals surface area contributed by atoms with E-state index in [9.17, 15) is 9.90 Å². The number of aliphatic carboxylic acids is 1. The van der Waals surface area contributed by atoms with Crippen molar-refractivity contribution >= 4 is 23.1 Å². The van der Waals surface area contributed by atoms with Crippen molar-refractivity contribution in [3.05, 3.63) is 106 Å². The summed E-state index contributed by atoms with van der Waals surface area (Å²) in [6.07, 6.45) is 2.56. The molecule has 1 N–H and O–H groups in total. The fourth-order valence-corrected chi connectivity index (χ4v) is 4.93. The first-order valence-corrected chi connectivity index (χ1v) is 14.0. The van der Waals surface area contributed by atoms with Gasteiger partial charge in [-0.1, -0.05) is 60.7 Å². The van der Waals surface area contributed by atoms with Crippen LogP contribution in [0.2, 0.25) is 5.02 Å². The van der Waals surface area contributed by atoms with Crippen LogP contribution in [0.1, 0.15) is 48.1 Å². The molecular formula is C34H36ClNO4. The van der Waals surface area contributed by atoms with Crippen LogP contribution in [0.25, 0.3) is 5.57 Å². The zero-order valence-electron chi connectivity index (χ0n) is 23.4. The Bertz CT molecular complexity index is 1400. The van der Waals surface area contributed by atoms with E-state index in [2.05, 4.69) is 34.9 Å². The van der Waals surface area contributed by atoms with Gasteiger partial charge in [-0.3, -0.25) is 9.69 Å². The lowest BCUT2D eigenvalue weighted by atomic mass is 9.78. The van der Waals surface area contributed by atoms with Crippen LogP contribution in [0.5, 0.6) is 5.75 Å². The van der Waals surface area contributed by atoms with E-state index in [4.69, 9.17) is 21.1 Å². The summed E-state index contributed by atoms with van der Waals surface area (Å²) in [5.74, 6) is 6.42. The van der Waals surface area contributed by atoms with E-state index in [0.29, 0.717) is 23.8 Å². The van der Waals surface area contributed by atoms with Gasteiger partial charge in [0.15, 0.2) is 0 Å². The van der Waals surface area contributed by atoms with E-state index < -0.39 is 11.4 Å². The average Bonchev–Trinajstić information content (AvgIpc) is 2.96. The van der Waals surface area contributed by atoms with Crippen molar-refractivity contribution in [2.24, 2.45) is 0 Å². The molecule has 0 spiro atoms. The van der Waals surface area contributed by atoms with Crippen molar-refractivity contribution in [2.75, 3.05) is 39.5 Å². The highest BCUT2D eigenvalue weighted by atomic mass is 35.5. The van der Waals surface area contributed by atoms with Crippen molar-refractivity contribution < 1.29 is 19.4 Å². The van der Waals surface area contributed by atoms with Crippen molar-refractivity contribution in [1.82, 2.24) is 4.90 Å². The minimum atomic E-state index is -0.927. The number of morpholine rings is 1. The molecule has 0 amide bonds. The van der Waals surface area contributed by atoms with E-state index in [1.807, 2.05) is 68.4 Å². The first-order chi connectivity index (χ1) is 19.3. The SMILES string of the molecule is CCC(C)(C(=O)O)c1ccc(OCC=C(c2ccc(Cl)cc2)c2ccc(C#CCN3CCOCC3)cc2)cc1C. The summed E-state index contributed by atoms with van der Waals surface area (Å²) >= 11 is 6.16. The van der Waals surface area contributed by atoms with Gasteiger partial charge in [0.25, 0.3) is 0 Å². The smallest absolute Gasteiger partial charge is 0.313 e. The van der Waals surface area contributed by atoms with Crippen LogP contribution in [0.4, 0.5) is 0 Å². The van der Waals surface area contributed by atoms with Crippen LogP contribution >= 0.6 is 11.6 Å². The van der Waals surface area contributed by atoms with Gasteiger partial charge in [0.05, 0.1) is 25.2 Å². The maximum atomic E-state index is 11.9. The average molecular weight is 558 g/mol. The molecule has 6 heteroatoms. The van der Waals surface area contributed by atoms with Crippen LogP contribution < -0.4 is 4.74 Å². The van der Waals surface area contributed by atoms with Crippen molar-refractivity contribution in [3.63, 3.8) is 0 Å². The summed E-state index contributed by atoms with van der Waals surface area (Å²) in [5, 5.41) is 10.5. The molecule has 3 aromatic rings. The molecule has 1 atom stereocenters. The van der Waals surface area contributed by atoms with Crippen molar-refractivity contribution in [1.29, 1.82) is 0 Å². The van der Waals surface area contributed by atoms with E-state index in [0.717, 1.165) is 66.2 Å². The molecule has 1 aliphatic rings. The third-order valence-electron chi connectivity index (χ3n) is 7.50. The van der Waals surface area contributed by atoms with Gasteiger partial charge in [-0.2, -0.15) is 0 Å². The number of rotatable bonds is 9. The number of benzene rings is 3. The zero-order chi connectivity index (χ0) is 28.5. The molecule has 0 aromatic heterocycles. The second-order valence-electron chi connectivity index (χ2n) is 10.2. The Kier molecular flexibility index (Phi) is 10.1. The van der Waals surface area contributed by atoms with Gasteiger partial charge in [0.2, 0.25) is 0 Å². The molecule has 0 saturated carbocycles. The highest BCUT2D eigenvalue weighted by molar-refractivity contribution is 6.30. The number of aryl methyl sites for hydroxylation is 1. The second kappa shape index (κ2) is 13.7. The predicted octanol–water partition coefficient (Wildman–Crippen LogP) is 6.60. The summed E-state index contributed by atoms with van der Waals surface area (Å²) in [6.45, 7) is 10.1. The fourth-order valence-electron chi connectivity index (χ4n) is 4.80. The molecule has 40 heavy (non-hydrogen) atoms. The van der Waals surface area contributed by atoms with Gasteiger partial charge in [0.1, 0.15) is 12.4 Å². The third kappa shape index (κ3) is 7.34. The molecule has 0 aliphatic carbocycles. The van der Waals surface area contributed by atoms with Crippen LogP contribution in [0, 0.1) is 18.8 Å².